The van der Waals surface area contributed by atoms with Crippen LogP contribution in [0.3, 0.4) is 0 Å². The predicted molar refractivity (Wildman–Crippen MR) is 54.7 cm³/mol. The van der Waals surface area contributed by atoms with Crippen LogP contribution in [0.1, 0.15) is 32.6 Å². The van der Waals surface area contributed by atoms with Crippen LogP contribution in [0.5, 0.6) is 0 Å². The van der Waals surface area contributed by atoms with E-state index in [2.05, 4.69) is 21.7 Å². The molecule has 78 valence electrons. The molecule has 0 aliphatic heterocycles. The van der Waals surface area contributed by atoms with Crippen molar-refractivity contribution in [2.45, 2.75) is 38.1 Å². The van der Waals surface area contributed by atoms with Gasteiger partial charge in [0.05, 0.1) is 5.54 Å². The Bertz CT molecular complexity index is 282. The van der Waals surface area contributed by atoms with E-state index in [4.69, 9.17) is 5.73 Å². The van der Waals surface area contributed by atoms with Crippen molar-refractivity contribution in [3.63, 3.8) is 0 Å². The van der Waals surface area contributed by atoms with E-state index < -0.39 is 0 Å². The van der Waals surface area contributed by atoms with E-state index in [1.165, 1.54) is 19.3 Å². The third-order valence-corrected chi connectivity index (χ3v) is 3.70. The summed E-state index contributed by atoms with van der Waals surface area (Å²) < 4.78 is 2.11. The van der Waals surface area contributed by atoms with E-state index in [1.54, 1.807) is 12.7 Å². The molecule has 1 aromatic heterocycles. The molecule has 0 radical (unpaired) electrons. The molecule has 4 heteroatoms. The smallest absolute Gasteiger partial charge is 0.119 e. The van der Waals surface area contributed by atoms with Gasteiger partial charge in [0.2, 0.25) is 0 Å². The lowest BCUT2D eigenvalue weighted by Gasteiger charge is -2.42. The number of aromatic nitrogens is 3. The third-order valence-electron chi connectivity index (χ3n) is 3.70. The van der Waals surface area contributed by atoms with Gasteiger partial charge >= 0.3 is 0 Å². The highest BCUT2D eigenvalue weighted by Crippen LogP contribution is 2.38. The molecule has 4 nitrogen and oxygen atoms in total. The standard InChI is InChI=1S/C10H18N4/c1-9-4-2-3-5-10(9,6-11)14-7-12-13-8-14/h7-9H,2-6,11H2,1H3. The van der Waals surface area contributed by atoms with Crippen LogP contribution >= 0.6 is 0 Å². The van der Waals surface area contributed by atoms with Crippen molar-refractivity contribution in [1.82, 2.24) is 14.8 Å². The van der Waals surface area contributed by atoms with Gasteiger partial charge in [-0.2, -0.15) is 0 Å². The molecular weight excluding hydrogens is 176 g/mol. The van der Waals surface area contributed by atoms with E-state index in [0.717, 1.165) is 6.42 Å². The second-order valence-electron chi connectivity index (χ2n) is 4.32. The van der Waals surface area contributed by atoms with Gasteiger partial charge in [0.1, 0.15) is 12.7 Å². The normalized spacial score (nSPS) is 33.1. The highest BCUT2D eigenvalue weighted by Gasteiger charge is 2.38. The molecule has 1 aliphatic carbocycles. The van der Waals surface area contributed by atoms with Crippen LogP contribution in [0.2, 0.25) is 0 Å². The van der Waals surface area contributed by atoms with Gasteiger partial charge < -0.3 is 10.3 Å². The predicted octanol–water partition coefficient (Wildman–Crippen LogP) is 1.14. The lowest BCUT2D eigenvalue weighted by molar-refractivity contribution is 0.124. The number of nitrogens with zero attached hydrogens (tertiary/aromatic N) is 3. The quantitative estimate of drug-likeness (QED) is 0.768. The summed E-state index contributed by atoms with van der Waals surface area (Å²) in [4.78, 5) is 0. The summed E-state index contributed by atoms with van der Waals surface area (Å²) in [6.45, 7) is 2.97. The van der Waals surface area contributed by atoms with Crippen molar-refractivity contribution in [2.75, 3.05) is 6.54 Å². The molecule has 0 aromatic carbocycles. The van der Waals surface area contributed by atoms with E-state index in [0.29, 0.717) is 12.5 Å². The SMILES string of the molecule is CC1CCCCC1(CN)n1cnnc1. The summed E-state index contributed by atoms with van der Waals surface area (Å²) >= 11 is 0. The third kappa shape index (κ3) is 1.34. The number of rotatable bonds is 2. The first-order valence-corrected chi connectivity index (χ1v) is 5.35. The maximum Gasteiger partial charge on any atom is 0.119 e. The van der Waals surface area contributed by atoms with Crippen molar-refractivity contribution >= 4 is 0 Å². The average molecular weight is 194 g/mol. The number of hydrogen-bond acceptors (Lipinski definition) is 3. The molecular formula is C10H18N4. The largest absolute Gasteiger partial charge is 0.328 e. The Kier molecular flexibility index (Phi) is 2.54. The molecule has 2 atom stereocenters. The zero-order chi connectivity index (χ0) is 10.0. The first kappa shape index (κ1) is 9.65. The molecule has 0 bridgehead atoms. The summed E-state index contributed by atoms with van der Waals surface area (Å²) in [5.41, 5.74) is 6.01. The fourth-order valence-corrected chi connectivity index (χ4v) is 2.62. The number of nitrogens with two attached hydrogens (primary N) is 1. The zero-order valence-corrected chi connectivity index (χ0v) is 8.69. The van der Waals surface area contributed by atoms with Crippen molar-refractivity contribution in [3.8, 4) is 0 Å². The molecule has 0 spiro atoms. The fraction of sp³-hybridized carbons (Fsp3) is 0.800. The Morgan fingerprint density at radius 2 is 2.14 bits per heavy atom. The van der Waals surface area contributed by atoms with Gasteiger partial charge in [-0.25, -0.2) is 0 Å². The second kappa shape index (κ2) is 3.69. The van der Waals surface area contributed by atoms with Crippen molar-refractivity contribution in [3.05, 3.63) is 12.7 Å². The monoisotopic (exact) mass is 194 g/mol. The van der Waals surface area contributed by atoms with Crippen LogP contribution in [0, 0.1) is 5.92 Å². The lowest BCUT2D eigenvalue weighted by atomic mass is 9.73. The summed E-state index contributed by atoms with van der Waals surface area (Å²) in [5, 5.41) is 7.76. The number of hydrogen-bond donors (Lipinski definition) is 1. The van der Waals surface area contributed by atoms with Crippen LogP contribution in [0.15, 0.2) is 12.7 Å². The summed E-state index contributed by atoms with van der Waals surface area (Å²) in [7, 11) is 0. The molecule has 2 N–H and O–H groups in total. The molecule has 1 saturated carbocycles. The van der Waals surface area contributed by atoms with E-state index in [1.807, 2.05) is 0 Å². The molecule has 1 aromatic rings. The van der Waals surface area contributed by atoms with Gasteiger partial charge in [-0.05, 0) is 18.8 Å². The minimum Gasteiger partial charge on any atom is -0.328 e. The summed E-state index contributed by atoms with van der Waals surface area (Å²) in [6, 6.07) is 0. The highest BCUT2D eigenvalue weighted by atomic mass is 15.3. The van der Waals surface area contributed by atoms with Gasteiger partial charge in [0.15, 0.2) is 0 Å². The van der Waals surface area contributed by atoms with Crippen LogP contribution in [0.4, 0.5) is 0 Å². The Balaban J connectivity index is 2.32. The maximum atomic E-state index is 5.94. The van der Waals surface area contributed by atoms with E-state index in [9.17, 15) is 0 Å². The fourth-order valence-electron chi connectivity index (χ4n) is 2.62. The Morgan fingerprint density at radius 3 is 2.71 bits per heavy atom. The van der Waals surface area contributed by atoms with Gasteiger partial charge in [0, 0.05) is 6.54 Å². The lowest BCUT2D eigenvalue weighted by Crippen LogP contribution is -2.47. The first-order valence-electron chi connectivity index (χ1n) is 5.35. The zero-order valence-electron chi connectivity index (χ0n) is 8.69. The molecule has 1 aliphatic rings. The van der Waals surface area contributed by atoms with Crippen LogP contribution in [-0.2, 0) is 5.54 Å². The van der Waals surface area contributed by atoms with Gasteiger partial charge in [-0.3, -0.25) is 0 Å². The molecule has 2 rings (SSSR count). The summed E-state index contributed by atoms with van der Waals surface area (Å²) in [6.07, 6.45) is 8.60. The Morgan fingerprint density at radius 1 is 1.43 bits per heavy atom. The van der Waals surface area contributed by atoms with E-state index in [-0.39, 0.29) is 5.54 Å². The second-order valence-corrected chi connectivity index (χ2v) is 4.32. The Labute approximate surface area is 84.5 Å². The van der Waals surface area contributed by atoms with Crippen molar-refractivity contribution in [2.24, 2.45) is 11.7 Å². The van der Waals surface area contributed by atoms with Crippen LogP contribution in [-0.4, -0.2) is 21.3 Å². The topological polar surface area (TPSA) is 56.7 Å². The van der Waals surface area contributed by atoms with Gasteiger partial charge in [0.25, 0.3) is 0 Å². The van der Waals surface area contributed by atoms with Crippen molar-refractivity contribution < 1.29 is 0 Å². The molecule has 14 heavy (non-hydrogen) atoms. The molecule has 0 saturated heterocycles. The van der Waals surface area contributed by atoms with Crippen molar-refractivity contribution in [1.29, 1.82) is 0 Å². The average Bonchev–Trinajstić information content (AvgIpc) is 2.72. The van der Waals surface area contributed by atoms with E-state index >= 15 is 0 Å². The molecule has 1 heterocycles. The highest BCUT2D eigenvalue weighted by molar-refractivity contribution is 4.95. The summed E-state index contributed by atoms with van der Waals surface area (Å²) in [5.74, 6) is 0.622. The van der Waals surface area contributed by atoms with Gasteiger partial charge in [-0.15, -0.1) is 10.2 Å². The Hall–Kier alpha value is -0.900. The first-order chi connectivity index (χ1) is 6.79. The van der Waals surface area contributed by atoms with Crippen LogP contribution < -0.4 is 5.73 Å². The maximum absolute atomic E-state index is 5.94. The van der Waals surface area contributed by atoms with Gasteiger partial charge in [-0.1, -0.05) is 19.8 Å². The minimum atomic E-state index is 0.0712. The van der Waals surface area contributed by atoms with Crippen LogP contribution in [0.25, 0.3) is 0 Å². The minimum absolute atomic E-state index is 0.0712. The molecule has 0 amide bonds. The molecule has 2 unspecified atom stereocenters. The molecule has 1 fully saturated rings.